The number of para-hydroxylation sites is 1. The van der Waals surface area contributed by atoms with Gasteiger partial charge in [-0.1, -0.05) is 51.1 Å². The summed E-state index contributed by atoms with van der Waals surface area (Å²) in [6.07, 6.45) is 4.10. The van der Waals surface area contributed by atoms with Crippen molar-refractivity contribution in [1.82, 2.24) is 14.3 Å². The first-order chi connectivity index (χ1) is 16.3. The van der Waals surface area contributed by atoms with Crippen LogP contribution in [0.3, 0.4) is 0 Å². The molecule has 3 aromatic carbocycles. The van der Waals surface area contributed by atoms with Crippen molar-refractivity contribution in [1.29, 1.82) is 5.26 Å². The summed E-state index contributed by atoms with van der Waals surface area (Å²) < 4.78 is 3.08. The first-order valence-electron chi connectivity index (χ1n) is 10.9. The summed E-state index contributed by atoms with van der Waals surface area (Å²) in [4.78, 5) is 25.7. The van der Waals surface area contributed by atoms with Crippen LogP contribution in [0, 0.1) is 11.3 Å². The first-order valence-corrected chi connectivity index (χ1v) is 10.9. The van der Waals surface area contributed by atoms with E-state index in [0.29, 0.717) is 27.9 Å². The smallest absolute Gasteiger partial charge is 0.279 e. The van der Waals surface area contributed by atoms with E-state index in [-0.39, 0.29) is 11.0 Å². The standard InChI is InChI=1S/C28H22N4O2/c1-28(2,3)20-11-12-22-18(13-20)15-30-32(27(22)34)26-10-6-9-25(23(26)17-33)31-16-19(14-29)21-7-4-5-8-24(21)31/h4-13,15-17H,1-3H3. The lowest BCUT2D eigenvalue weighted by atomic mass is 9.86. The number of fused-ring (bicyclic) bond motifs is 2. The molecule has 6 heteroatoms. The highest BCUT2D eigenvalue weighted by molar-refractivity contribution is 5.92. The molecule has 0 spiro atoms. The van der Waals surface area contributed by atoms with E-state index in [0.717, 1.165) is 28.1 Å². The summed E-state index contributed by atoms with van der Waals surface area (Å²) in [5.41, 5.74) is 3.34. The SMILES string of the molecule is CC(C)(C)c1ccc2c(=O)n(-c3cccc(-n4cc(C#N)c5ccccc54)c3C=O)ncc2c1. The van der Waals surface area contributed by atoms with Crippen LogP contribution in [0.15, 0.2) is 77.9 Å². The third kappa shape index (κ3) is 3.30. The van der Waals surface area contributed by atoms with E-state index in [1.54, 1.807) is 30.6 Å². The molecule has 2 aromatic heterocycles. The van der Waals surface area contributed by atoms with Crippen LogP contribution < -0.4 is 5.56 Å². The van der Waals surface area contributed by atoms with Crippen molar-refractivity contribution in [3.8, 4) is 17.4 Å². The van der Waals surface area contributed by atoms with E-state index >= 15 is 0 Å². The van der Waals surface area contributed by atoms with E-state index in [1.165, 1.54) is 4.68 Å². The molecule has 0 saturated carbocycles. The summed E-state index contributed by atoms with van der Waals surface area (Å²) in [6.45, 7) is 6.36. The topological polar surface area (TPSA) is 80.7 Å². The summed E-state index contributed by atoms with van der Waals surface area (Å²) in [7, 11) is 0. The van der Waals surface area contributed by atoms with Gasteiger partial charge < -0.3 is 4.57 Å². The lowest BCUT2D eigenvalue weighted by molar-refractivity contribution is 0.112. The molecule has 0 bridgehead atoms. The van der Waals surface area contributed by atoms with Crippen LogP contribution in [0.25, 0.3) is 33.1 Å². The maximum absolute atomic E-state index is 13.4. The Morgan fingerprint density at radius 1 is 0.971 bits per heavy atom. The Hall–Kier alpha value is -4.50. The van der Waals surface area contributed by atoms with Crippen LogP contribution in [0.1, 0.15) is 42.3 Å². The van der Waals surface area contributed by atoms with Crippen molar-refractivity contribution < 1.29 is 4.79 Å². The van der Waals surface area contributed by atoms with Crippen LogP contribution in [0.2, 0.25) is 0 Å². The first kappa shape index (κ1) is 21.4. The van der Waals surface area contributed by atoms with Gasteiger partial charge in [0.25, 0.3) is 5.56 Å². The maximum Gasteiger partial charge on any atom is 0.279 e. The number of aldehydes is 1. The number of hydrogen-bond acceptors (Lipinski definition) is 4. The zero-order valence-electron chi connectivity index (χ0n) is 19.1. The van der Waals surface area contributed by atoms with Crippen LogP contribution in [-0.2, 0) is 5.41 Å². The Bertz CT molecular complexity index is 1690. The van der Waals surface area contributed by atoms with Crippen LogP contribution in [0.4, 0.5) is 0 Å². The minimum absolute atomic E-state index is 0.0517. The summed E-state index contributed by atoms with van der Waals surface area (Å²) >= 11 is 0. The Kier molecular flexibility index (Phi) is 4.91. The van der Waals surface area contributed by atoms with E-state index in [1.807, 2.05) is 47.0 Å². The molecular weight excluding hydrogens is 424 g/mol. The van der Waals surface area contributed by atoms with Gasteiger partial charge in [0.15, 0.2) is 6.29 Å². The maximum atomic E-state index is 13.4. The lowest BCUT2D eigenvalue weighted by Gasteiger charge is -2.19. The van der Waals surface area contributed by atoms with Gasteiger partial charge in [-0.05, 0) is 41.3 Å². The fraction of sp³-hybridized carbons (Fsp3) is 0.143. The molecule has 0 fully saturated rings. The van der Waals surface area contributed by atoms with Gasteiger partial charge in [-0.15, -0.1) is 0 Å². The van der Waals surface area contributed by atoms with Crippen molar-refractivity contribution in [3.05, 3.63) is 100 Å². The number of nitrogens with zero attached hydrogens (tertiary/aromatic N) is 4. The Labute approximate surface area is 196 Å². The summed E-state index contributed by atoms with van der Waals surface area (Å²) in [5, 5.41) is 16.1. The third-order valence-electron chi connectivity index (χ3n) is 6.15. The van der Waals surface area contributed by atoms with Crippen molar-refractivity contribution >= 4 is 28.0 Å². The molecule has 0 saturated heterocycles. The normalized spacial score (nSPS) is 11.6. The molecule has 0 aliphatic carbocycles. The number of rotatable bonds is 3. The van der Waals surface area contributed by atoms with Gasteiger partial charge >= 0.3 is 0 Å². The van der Waals surface area contributed by atoms with Crippen LogP contribution in [-0.4, -0.2) is 20.6 Å². The number of benzene rings is 3. The van der Waals surface area contributed by atoms with E-state index < -0.39 is 0 Å². The van der Waals surface area contributed by atoms with E-state index in [4.69, 9.17) is 0 Å². The van der Waals surface area contributed by atoms with Gasteiger partial charge in [0.1, 0.15) is 6.07 Å². The Balaban J connectivity index is 1.74. The highest BCUT2D eigenvalue weighted by Crippen LogP contribution is 2.29. The molecule has 34 heavy (non-hydrogen) atoms. The number of carbonyl (C=O) groups is 1. The predicted molar refractivity (Wildman–Crippen MR) is 133 cm³/mol. The highest BCUT2D eigenvalue weighted by Gasteiger charge is 2.18. The summed E-state index contributed by atoms with van der Waals surface area (Å²) in [5.74, 6) is 0. The summed E-state index contributed by atoms with van der Waals surface area (Å²) in [6, 6.07) is 20.8. The number of nitriles is 1. The van der Waals surface area contributed by atoms with E-state index in [2.05, 4.69) is 31.9 Å². The number of aromatic nitrogens is 3. The van der Waals surface area contributed by atoms with E-state index in [9.17, 15) is 14.9 Å². The third-order valence-corrected chi connectivity index (χ3v) is 6.15. The zero-order chi connectivity index (χ0) is 24.0. The van der Waals surface area contributed by atoms with Gasteiger partial charge in [-0.3, -0.25) is 9.59 Å². The largest absolute Gasteiger partial charge is 0.314 e. The Morgan fingerprint density at radius 2 is 1.74 bits per heavy atom. The quantitative estimate of drug-likeness (QED) is 0.352. The molecule has 0 unspecified atom stereocenters. The highest BCUT2D eigenvalue weighted by atomic mass is 16.1. The number of hydrogen-bond donors (Lipinski definition) is 0. The molecule has 0 atom stereocenters. The molecule has 0 radical (unpaired) electrons. The predicted octanol–water partition coefficient (Wildman–Crippen LogP) is 5.31. The minimum atomic E-state index is -0.298. The number of carbonyl (C=O) groups excluding carboxylic acids is 1. The fourth-order valence-corrected chi connectivity index (χ4v) is 4.31. The van der Waals surface area contributed by atoms with Crippen molar-refractivity contribution in [2.75, 3.05) is 0 Å². The molecule has 5 aromatic rings. The van der Waals surface area contributed by atoms with Gasteiger partial charge in [0, 0.05) is 17.0 Å². The van der Waals surface area contributed by atoms with Crippen LogP contribution >= 0.6 is 0 Å². The van der Waals surface area contributed by atoms with Crippen LogP contribution in [0.5, 0.6) is 0 Å². The second-order valence-electron chi connectivity index (χ2n) is 9.28. The molecule has 0 N–H and O–H groups in total. The van der Waals surface area contributed by atoms with Crippen molar-refractivity contribution in [2.45, 2.75) is 26.2 Å². The minimum Gasteiger partial charge on any atom is -0.314 e. The van der Waals surface area contributed by atoms with Gasteiger partial charge in [0.2, 0.25) is 0 Å². The fourth-order valence-electron chi connectivity index (χ4n) is 4.31. The molecule has 2 heterocycles. The van der Waals surface area contributed by atoms with Crippen molar-refractivity contribution in [2.24, 2.45) is 0 Å². The molecule has 0 aliphatic rings. The van der Waals surface area contributed by atoms with Gasteiger partial charge in [-0.2, -0.15) is 15.0 Å². The van der Waals surface area contributed by atoms with Gasteiger partial charge in [-0.25, -0.2) is 0 Å². The Morgan fingerprint density at radius 3 is 2.47 bits per heavy atom. The monoisotopic (exact) mass is 446 g/mol. The molecule has 0 amide bonds. The molecular formula is C28H22N4O2. The second kappa shape index (κ2) is 7.82. The second-order valence-corrected chi connectivity index (χ2v) is 9.28. The average molecular weight is 447 g/mol. The molecule has 166 valence electrons. The molecule has 0 aliphatic heterocycles. The molecule has 6 nitrogen and oxygen atoms in total. The average Bonchev–Trinajstić information content (AvgIpc) is 3.22. The zero-order valence-corrected chi connectivity index (χ0v) is 19.1. The lowest BCUT2D eigenvalue weighted by Crippen LogP contribution is -2.23. The van der Waals surface area contributed by atoms with Gasteiger partial charge in [0.05, 0.1) is 39.6 Å². The van der Waals surface area contributed by atoms with Crippen molar-refractivity contribution in [3.63, 3.8) is 0 Å². The molecule has 5 rings (SSSR count).